The summed E-state index contributed by atoms with van der Waals surface area (Å²) in [5.41, 5.74) is 1.06. The lowest BCUT2D eigenvalue weighted by Gasteiger charge is -2.29. The number of amides is 3. The second kappa shape index (κ2) is 12.2. The summed E-state index contributed by atoms with van der Waals surface area (Å²) in [6.45, 7) is -0.499. The standard InChI is InChI=1S/C28H37N4O9P/c1-40-24-8-4-7-20-19(24)12-22(29-20)28(37)32-13-17-5-3-6-18(17)25(32)26(35)30-21(23(34)14-33)11-16-9-10-31(27(16)36)15-41-42(2,38)39/h4,7-8,12,16-18,21,25,29,33,38-39H,2-3,5-6,9-11,13-15H2,1H3,(H,30,35)/t16-,17-,18-,21-,25-/m0/s1. The fourth-order valence-corrected chi connectivity index (χ4v) is 6.99. The van der Waals surface area contributed by atoms with Crippen LogP contribution in [0.25, 0.3) is 10.9 Å². The zero-order chi connectivity index (χ0) is 30.2. The molecule has 5 rings (SSSR count). The summed E-state index contributed by atoms with van der Waals surface area (Å²) in [7, 11) is -2.23. The van der Waals surface area contributed by atoms with Crippen molar-refractivity contribution in [3.63, 3.8) is 0 Å². The molecule has 0 spiro atoms. The van der Waals surface area contributed by atoms with Crippen LogP contribution in [0.1, 0.15) is 42.6 Å². The van der Waals surface area contributed by atoms with Gasteiger partial charge in [-0.15, -0.1) is 0 Å². The molecule has 1 aromatic carbocycles. The number of carbonyl (C=O) groups excluding carboxylic acids is 4. The molecule has 42 heavy (non-hydrogen) atoms. The summed E-state index contributed by atoms with van der Waals surface area (Å²) >= 11 is 0. The molecule has 2 aromatic rings. The fraction of sp³-hybridized carbons (Fsp3) is 0.536. The predicted molar refractivity (Wildman–Crippen MR) is 153 cm³/mol. The quantitative estimate of drug-likeness (QED) is 0.232. The van der Waals surface area contributed by atoms with Crippen LogP contribution in [-0.2, 0) is 18.9 Å². The fourth-order valence-electron chi connectivity index (χ4n) is 6.66. The van der Waals surface area contributed by atoms with Gasteiger partial charge >= 0.3 is 0 Å². The number of nitrogens with one attached hydrogen (secondary N) is 2. The van der Waals surface area contributed by atoms with Crippen molar-refractivity contribution >= 4 is 48.3 Å². The van der Waals surface area contributed by atoms with Gasteiger partial charge in [-0.05, 0) is 62.0 Å². The molecule has 2 aliphatic heterocycles. The maximum absolute atomic E-state index is 13.8. The summed E-state index contributed by atoms with van der Waals surface area (Å²) in [5, 5.41) is 13.2. The molecular weight excluding hydrogens is 567 g/mol. The number of aliphatic hydroxyl groups is 1. The van der Waals surface area contributed by atoms with Gasteiger partial charge in [-0.3, -0.25) is 23.7 Å². The van der Waals surface area contributed by atoms with Crippen LogP contribution in [0.2, 0.25) is 0 Å². The maximum Gasteiger partial charge on any atom is 0.271 e. The molecule has 5 N–H and O–H groups in total. The highest BCUT2D eigenvalue weighted by molar-refractivity contribution is 7.57. The Morgan fingerprint density at radius 2 is 2.02 bits per heavy atom. The highest BCUT2D eigenvalue weighted by atomic mass is 31.2. The zero-order valence-electron chi connectivity index (χ0n) is 23.4. The maximum atomic E-state index is 13.8. The van der Waals surface area contributed by atoms with Gasteiger partial charge in [0.2, 0.25) is 19.4 Å². The van der Waals surface area contributed by atoms with Crippen molar-refractivity contribution in [3.8, 4) is 5.75 Å². The van der Waals surface area contributed by atoms with E-state index in [1.165, 1.54) is 4.90 Å². The van der Waals surface area contributed by atoms with Gasteiger partial charge in [-0.2, -0.15) is 0 Å². The molecule has 2 saturated heterocycles. The first-order valence-corrected chi connectivity index (χ1v) is 15.8. The number of ketones is 1. The van der Waals surface area contributed by atoms with Crippen molar-refractivity contribution in [1.82, 2.24) is 20.1 Å². The van der Waals surface area contributed by atoms with Crippen LogP contribution in [0.15, 0.2) is 24.3 Å². The van der Waals surface area contributed by atoms with Gasteiger partial charge in [0.15, 0.2) is 5.78 Å². The highest BCUT2D eigenvalue weighted by Gasteiger charge is 2.50. The Kier molecular flexibility index (Phi) is 8.77. The Bertz CT molecular complexity index is 1420. The molecule has 228 valence electrons. The molecule has 3 aliphatic rings. The number of nitrogens with zero attached hydrogens (tertiary/aromatic N) is 2. The number of aromatic amines is 1. The number of benzene rings is 1. The average molecular weight is 605 g/mol. The topological polar surface area (TPSA) is 182 Å². The molecule has 1 aliphatic carbocycles. The van der Waals surface area contributed by atoms with E-state index in [1.54, 1.807) is 24.1 Å². The largest absolute Gasteiger partial charge is 0.496 e. The number of likely N-dealkylation sites (tertiary alicyclic amines) is 2. The zero-order valence-corrected chi connectivity index (χ0v) is 24.3. The predicted octanol–water partition coefficient (Wildman–Crippen LogP) is 0.855. The minimum absolute atomic E-state index is 0.0417. The lowest BCUT2D eigenvalue weighted by molar-refractivity contribution is -0.136. The molecule has 13 nitrogen and oxygen atoms in total. The van der Waals surface area contributed by atoms with E-state index >= 15 is 0 Å². The average Bonchev–Trinajstić information content (AvgIpc) is 3.73. The molecule has 1 saturated carbocycles. The number of ether oxygens (including phenoxy) is 1. The van der Waals surface area contributed by atoms with Crippen LogP contribution in [0.4, 0.5) is 0 Å². The van der Waals surface area contributed by atoms with Crippen LogP contribution in [0, 0.1) is 17.8 Å². The van der Waals surface area contributed by atoms with E-state index in [-0.39, 0.29) is 43.3 Å². The smallest absolute Gasteiger partial charge is 0.271 e. The van der Waals surface area contributed by atoms with Gasteiger partial charge in [0, 0.05) is 29.9 Å². The Labute approximate surface area is 243 Å². The van der Waals surface area contributed by atoms with Gasteiger partial charge < -0.3 is 39.7 Å². The molecule has 0 bridgehead atoms. The van der Waals surface area contributed by atoms with Crippen molar-refractivity contribution in [1.29, 1.82) is 0 Å². The van der Waals surface area contributed by atoms with Crippen molar-refractivity contribution < 1.29 is 43.3 Å². The number of methoxy groups -OCH3 is 1. The molecule has 1 aromatic heterocycles. The van der Waals surface area contributed by atoms with Crippen LogP contribution in [0.5, 0.6) is 5.75 Å². The van der Waals surface area contributed by atoms with Crippen molar-refractivity contribution in [2.45, 2.75) is 44.2 Å². The van der Waals surface area contributed by atoms with Gasteiger partial charge in [-0.25, -0.2) is 0 Å². The minimum atomic E-state index is -3.78. The highest BCUT2D eigenvalue weighted by Crippen LogP contribution is 2.43. The van der Waals surface area contributed by atoms with Crippen LogP contribution >= 0.6 is 7.57 Å². The third-order valence-corrected chi connectivity index (χ3v) is 9.23. The number of hydrogen-bond acceptors (Lipinski definition) is 9. The van der Waals surface area contributed by atoms with Gasteiger partial charge in [0.25, 0.3) is 5.91 Å². The number of rotatable bonds is 11. The number of aliphatic hydroxyl groups excluding tert-OH is 1. The Morgan fingerprint density at radius 1 is 1.24 bits per heavy atom. The molecule has 0 radical (unpaired) electrons. The van der Waals surface area contributed by atoms with E-state index in [0.717, 1.165) is 30.2 Å². The number of fused-ring (bicyclic) bond motifs is 2. The molecule has 3 fully saturated rings. The van der Waals surface area contributed by atoms with Gasteiger partial charge in [0.1, 0.15) is 30.8 Å². The van der Waals surface area contributed by atoms with Crippen molar-refractivity contribution in [2.24, 2.45) is 17.8 Å². The van der Waals surface area contributed by atoms with E-state index in [1.807, 2.05) is 12.1 Å². The number of H-pyrrole nitrogens is 1. The molecule has 0 unspecified atom stereocenters. The minimum Gasteiger partial charge on any atom is -0.496 e. The first-order valence-electron chi connectivity index (χ1n) is 14.0. The summed E-state index contributed by atoms with van der Waals surface area (Å²) in [6.07, 6.45) is 6.04. The third-order valence-electron chi connectivity index (χ3n) is 8.70. The first-order chi connectivity index (χ1) is 20.0. The monoisotopic (exact) mass is 604 g/mol. The van der Waals surface area contributed by atoms with Gasteiger partial charge in [-0.1, -0.05) is 12.5 Å². The number of carbonyl (C=O) groups is 4. The lowest BCUT2D eigenvalue weighted by Crippen LogP contribution is -2.53. The Morgan fingerprint density at radius 3 is 2.74 bits per heavy atom. The molecule has 14 heteroatoms. The Balaban J connectivity index is 1.33. The number of Topliss-reactive ketones (excluding diaryl/α,β-unsaturated/α-hetero) is 1. The van der Waals surface area contributed by atoms with E-state index in [9.17, 15) is 34.1 Å². The summed E-state index contributed by atoms with van der Waals surface area (Å²) in [4.78, 5) is 78.0. The molecule has 5 atom stereocenters. The molecule has 3 heterocycles. The summed E-state index contributed by atoms with van der Waals surface area (Å²) in [5.74, 6) is -1.76. The van der Waals surface area contributed by atoms with E-state index in [4.69, 9.17) is 9.26 Å². The van der Waals surface area contributed by atoms with Crippen LogP contribution < -0.4 is 10.1 Å². The molecular formula is C28H37N4O9P. The van der Waals surface area contributed by atoms with Crippen LogP contribution in [0.3, 0.4) is 0 Å². The van der Waals surface area contributed by atoms with Gasteiger partial charge in [0.05, 0.1) is 13.2 Å². The summed E-state index contributed by atoms with van der Waals surface area (Å²) < 4.78 is 10.3. The van der Waals surface area contributed by atoms with E-state index in [2.05, 4.69) is 16.6 Å². The number of aromatic nitrogens is 1. The van der Waals surface area contributed by atoms with E-state index in [0.29, 0.717) is 24.4 Å². The second-order valence-electron chi connectivity index (χ2n) is 11.3. The second-order valence-corrected chi connectivity index (χ2v) is 12.9. The molecule has 3 amide bonds. The van der Waals surface area contributed by atoms with E-state index < -0.39 is 43.9 Å². The first kappa shape index (κ1) is 30.2. The SMILES string of the molecule is C=P(O)(O)OCN1CC[C@@H](C[C@H](NC(=O)[C@@H]2[C@H]3CCC[C@H]3CN2C(=O)c2cc3c(OC)cccc3[nH]2)C(=O)CO)C1=O. The number of hydrogen-bond donors (Lipinski definition) is 5. The summed E-state index contributed by atoms with van der Waals surface area (Å²) in [6, 6.07) is 5.23. The third kappa shape index (κ3) is 6.11. The van der Waals surface area contributed by atoms with Crippen molar-refractivity contribution in [3.05, 3.63) is 30.0 Å². The van der Waals surface area contributed by atoms with Crippen molar-refractivity contribution in [2.75, 3.05) is 33.5 Å². The normalized spacial score (nSPS) is 24.7. The van der Waals surface area contributed by atoms with Crippen LogP contribution in [-0.4, -0.2) is 105 Å². The Hall–Kier alpha value is -3.22. The lowest BCUT2D eigenvalue weighted by atomic mass is 9.92.